The highest BCUT2D eigenvalue weighted by Crippen LogP contribution is 2.42. The molecule has 3 heterocycles. The molecule has 0 saturated carbocycles. The first-order valence-electron chi connectivity index (χ1n) is 10.1. The topological polar surface area (TPSA) is 164 Å². The number of hydrogen-bond donors (Lipinski definition) is 2. The molecule has 1 aromatic carbocycles. The average Bonchev–Trinajstić information content (AvgIpc) is 3.42. The van der Waals surface area contributed by atoms with Gasteiger partial charge in [0.25, 0.3) is 5.91 Å². The van der Waals surface area contributed by atoms with Gasteiger partial charge in [0.05, 0.1) is 6.33 Å². The number of nitrogens with one attached hydrogen (secondary N) is 1. The zero-order valence-electron chi connectivity index (χ0n) is 18.2. The summed E-state index contributed by atoms with van der Waals surface area (Å²) in [6, 6.07) is 8.64. The summed E-state index contributed by atoms with van der Waals surface area (Å²) in [5.41, 5.74) is 1.13. The van der Waals surface area contributed by atoms with E-state index >= 15 is 0 Å². The third-order valence-electron chi connectivity index (χ3n) is 4.97. The molecule has 1 amide bonds. The molecule has 1 aliphatic rings. The number of hydrogen-bond acceptors (Lipinski definition) is 10. The fourth-order valence-corrected chi connectivity index (χ4v) is 3.83. The molecule has 4 rings (SSSR count). The molecule has 34 heavy (non-hydrogen) atoms. The summed E-state index contributed by atoms with van der Waals surface area (Å²) >= 11 is 0. The van der Waals surface area contributed by atoms with Crippen LogP contribution >= 0.6 is 7.60 Å². The third kappa shape index (κ3) is 5.29. The Kier molecular flexibility index (Phi) is 7.00. The number of anilines is 1. The van der Waals surface area contributed by atoms with Gasteiger partial charge in [-0.15, -0.1) is 0 Å². The van der Waals surface area contributed by atoms with Gasteiger partial charge in [-0.3, -0.25) is 18.7 Å². The Hall–Kier alpha value is -3.22. The van der Waals surface area contributed by atoms with Gasteiger partial charge in [0.2, 0.25) is 0 Å². The molecule has 4 unspecified atom stereocenters. The van der Waals surface area contributed by atoms with Gasteiger partial charge in [-0.1, -0.05) is 18.2 Å². The monoisotopic (exact) mass is 491 g/mol. The molecule has 3 aromatic rings. The van der Waals surface area contributed by atoms with Crippen molar-refractivity contribution in [3.05, 3.63) is 48.5 Å². The van der Waals surface area contributed by atoms with E-state index in [9.17, 15) is 19.0 Å². The number of esters is 1. The summed E-state index contributed by atoms with van der Waals surface area (Å²) in [4.78, 5) is 46.3. The van der Waals surface area contributed by atoms with Crippen molar-refractivity contribution in [3.63, 3.8) is 0 Å². The molecule has 2 N–H and O–H groups in total. The Bertz CT molecular complexity index is 1240. The molecule has 4 atom stereocenters. The Morgan fingerprint density at radius 1 is 1.26 bits per heavy atom. The van der Waals surface area contributed by atoms with Gasteiger partial charge >= 0.3 is 13.6 Å². The number of benzene rings is 1. The van der Waals surface area contributed by atoms with E-state index in [0.29, 0.717) is 16.7 Å². The first-order chi connectivity index (χ1) is 16.3. The van der Waals surface area contributed by atoms with Gasteiger partial charge in [0, 0.05) is 26.0 Å². The number of carbonyl (C=O) groups excluding carboxylic acids is 2. The Morgan fingerprint density at radius 3 is 2.74 bits per heavy atom. The van der Waals surface area contributed by atoms with Crippen LogP contribution in [0.4, 0.5) is 5.82 Å². The Labute approximate surface area is 193 Å². The fourth-order valence-electron chi connectivity index (χ4n) is 3.39. The molecule has 1 saturated heterocycles. The SMILES string of the molecule is COP(=O)(O)COC1OC(n2cnc3c(NC(=O)c4ccccc4)ncnc32)CC1OC(C)=O. The van der Waals surface area contributed by atoms with Crippen LogP contribution in [-0.4, -0.2) is 62.1 Å². The van der Waals surface area contributed by atoms with Crippen molar-refractivity contribution >= 4 is 36.5 Å². The molecule has 1 aliphatic heterocycles. The molecule has 2 aromatic heterocycles. The number of ether oxygens (including phenoxy) is 3. The Balaban J connectivity index is 1.56. The smallest absolute Gasteiger partial charge is 0.353 e. The van der Waals surface area contributed by atoms with Crippen molar-refractivity contribution in [2.75, 3.05) is 18.8 Å². The summed E-state index contributed by atoms with van der Waals surface area (Å²) in [6.07, 6.45) is -0.477. The van der Waals surface area contributed by atoms with Crippen molar-refractivity contribution < 1.29 is 37.8 Å². The highest BCUT2D eigenvalue weighted by molar-refractivity contribution is 7.52. The number of rotatable bonds is 8. The summed E-state index contributed by atoms with van der Waals surface area (Å²) in [5.74, 6) is -0.714. The second-order valence-electron chi connectivity index (χ2n) is 7.32. The predicted octanol–water partition coefficient (Wildman–Crippen LogP) is 2.06. The van der Waals surface area contributed by atoms with Gasteiger partial charge < -0.3 is 28.9 Å². The van der Waals surface area contributed by atoms with E-state index in [4.69, 9.17) is 14.2 Å². The van der Waals surface area contributed by atoms with E-state index in [1.54, 1.807) is 34.9 Å². The van der Waals surface area contributed by atoms with Gasteiger partial charge in [0.15, 0.2) is 35.7 Å². The van der Waals surface area contributed by atoms with Crippen molar-refractivity contribution in [3.8, 4) is 0 Å². The van der Waals surface area contributed by atoms with E-state index in [1.807, 2.05) is 0 Å². The molecular formula is C20H22N5O8P. The molecule has 1 fully saturated rings. The van der Waals surface area contributed by atoms with Gasteiger partial charge in [-0.2, -0.15) is 0 Å². The van der Waals surface area contributed by atoms with Gasteiger partial charge in [0.1, 0.15) is 12.6 Å². The highest BCUT2D eigenvalue weighted by atomic mass is 31.2. The van der Waals surface area contributed by atoms with E-state index in [-0.39, 0.29) is 18.1 Å². The molecule has 180 valence electrons. The largest absolute Gasteiger partial charge is 0.457 e. The molecule has 0 aliphatic carbocycles. The van der Waals surface area contributed by atoms with Gasteiger partial charge in [-0.05, 0) is 12.1 Å². The molecule has 0 radical (unpaired) electrons. The van der Waals surface area contributed by atoms with Crippen LogP contribution in [0, 0.1) is 0 Å². The van der Waals surface area contributed by atoms with E-state index in [0.717, 1.165) is 7.11 Å². The minimum atomic E-state index is -3.97. The Morgan fingerprint density at radius 2 is 2.03 bits per heavy atom. The molecule has 14 heteroatoms. The van der Waals surface area contributed by atoms with Crippen LogP contribution in [0.3, 0.4) is 0 Å². The predicted molar refractivity (Wildman–Crippen MR) is 117 cm³/mol. The molecule has 0 bridgehead atoms. The highest BCUT2D eigenvalue weighted by Gasteiger charge is 2.41. The standard InChI is InChI=1S/C20H22N5O8P/c1-12(26)32-14-8-15(33-20(14)31-11-34(28,29)30-2)25-10-23-16-17(21-9-22-18(16)25)24-19(27)13-6-4-3-5-7-13/h3-7,9-10,14-15,20H,8,11H2,1-2H3,(H,28,29)(H,21,22,24,27). The second kappa shape index (κ2) is 9.95. The maximum Gasteiger partial charge on any atom is 0.353 e. The maximum atomic E-state index is 12.5. The minimum Gasteiger partial charge on any atom is -0.457 e. The summed E-state index contributed by atoms with van der Waals surface area (Å²) in [6.45, 7) is 1.23. The quantitative estimate of drug-likeness (QED) is 0.350. The number of fused-ring (bicyclic) bond motifs is 1. The number of nitrogens with zero attached hydrogens (tertiary/aromatic N) is 4. The lowest BCUT2D eigenvalue weighted by molar-refractivity contribution is -0.185. The van der Waals surface area contributed by atoms with E-state index in [1.165, 1.54) is 19.6 Å². The van der Waals surface area contributed by atoms with Crippen LogP contribution in [0.2, 0.25) is 0 Å². The lowest BCUT2D eigenvalue weighted by Crippen LogP contribution is -2.29. The number of imidazole rings is 1. The van der Waals surface area contributed by atoms with Crippen LogP contribution in [-0.2, 0) is 28.1 Å². The lowest BCUT2D eigenvalue weighted by atomic mass is 10.2. The first-order valence-corrected chi connectivity index (χ1v) is 11.9. The van der Waals surface area contributed by atoms with Crippen LogP contribution < -0.4 is 5.32 Å². The minimum absolute atomic E-state index is 0.161. The lowest BCUT2D eigenvalue weighted by Gasteiger charge is -2.19. The maximum absolute atomic E-state index is 12.5. The average molecular weight is 491 g/mol. The molecule has 0 spiro atoms. The summed E-state index contributed by atoms with van der Waals surface area (Å²) < 4.78 is 34.3. The normalized spacial score (nSPS) is 21.8. The van der Waals surface area contributed by atoms with Crippen LogP contribution in [0.25, 0.3) is 11.2 Å². The zero-order chi connectivity index (χ0) is 24.3. The van der Waals surface area contributed by atoms with Gasteiger partial charge in [-0.25, -0.2) is 15.0 Å². The molecule has 13 nitrogen and oxygen atoms in total. The summed E-state index contributed by atoms with van der Waals surface area (Å²) in [5, 5.41) is 2.72. The zero-order valence-corrected chi connectivity index (χ0v) is 19.1. The molecular weight excluding hydrogens is 469 g/mol. The number of carbonyl (C=O) groups is 2. The number of aromatic nitrogens is 4. The van der Waals surface area contributed by atoms with Crippen molar-refractivity contribution in [1.29, 1.82) is 0 Å². The number of amides is 1. The van der Waals surface area contributed by atoms with E-state index < -0.39 is 38.5 Å². The summed E-state index contributed by atoms with van der Waals surface area (Å²) in [7, 11) is -2.89. The fraction of sp³-hybridized carbons (Fsp3) is 0.350. The first kappa shape index (κ1) is 23.9. The van der Waals surface area contributed by atoms with Crippen molar-refractivity contribution in [1.82, 2.24) is 19.5 Å². The van der Waals surface area contributed by atoms with Crippen molar-refractivity contribution in [2.45, 2.75) is 32.0 Å². The van der Waals surface area contributed by atoms with Crippen LogP contribution in [0.1, 0.15) is 29.9 Å². The van der Waals surface area contributed by atoms with Crippen LogP contribution in [0.15, 0.2) is 43.0 Å². The van der Waals surface area contributed by atoms with E-state index in [2.05, 4.69) is 24.8 Å². The van der Waals surface area contributed by atoms with Crippen LogP contribution in [0.5, 0.6) is 0 Å². The second-order valence-corrected chi connectivity index (χ2v) is 9.22. The third-order valence-corrected chi connectivity index (χ3v) is 6.02. The van der Waals surface area contributed by atoms with Crippen molar-refractivity contribution in [2.24, 2.45) is 0 Å².